The summed E-state index contributed by atoms with van der Waals surface area (Å²) in [7, 11) is -0.157. The van der Waals surface area contributed by atoms with Gasteiger partial charge in [-0.15, -0.1) is 0 Å². The molecule has 0 saturated heterocycles. The summed E-state index contributed by atoms with van der Waals surface area (Å²) in [5.41, 5.74) is -3.39. The van der Waals surface area contributed by atoms with Gasteiger partial charge in [-0.25, -0.2) is 0 Å². The van der Waals surface area contributed by atoms with Crippen molar-refractivity contribution in [3.63, 3.8) is 0 Å². The van der Waals surface area contributed by atoms with Crippen molar-refractivity contribution < 1.29 is 68.5 Å². The molecule has 0 saturated carbocycles. The Morgan fingerprint density at radius 1 is 0.366 bits per heavy atom. The van der Waals surface area contributed by atoms with Crippen LogP contribution in [-0.4, -0.2) is 57.4 Å². The molecule has 0 atom stereocenters. The van der Waals surface area contributed by atoms with Crippen LogP contribution in [0.25, 0.3) is 0 Å². The third-order valence-electron chi connectivity index (χ3n) is 14.3. The van der Waals surface area contributed by atoms with Gasteiger partial charge < -0.3 is 0 Å². The summed E-state index contributed by atoms with van der Waals surface area (Å²) >= 11 is 0. The van der Waals surface area contributed by atoms with Crippen LogP contribution in [-0.2, 0) is 30.7 Å². The number of ether oxygens (including phenoxy) is 2. The normalized spacial score (nSPS) is 12.8. The molecule has 0 unspecified atom stereocenters. The number of alkyl halides is 6. The van der Waals surface area contributed by atoms with Gasteiger partial charge in [-0.3, -0.25) is 0 Å². The number of carbonyl (C=O) groups excluding carboxylic acids is 4. The van der Waals surface area contributed by atoms with Crippen molar-refractivity contribution in [3.8, 4) is 5.75 Å². The van der Waals surface area contributed by atoms with E-state index in [1.54, 1.807) is 182 Å². The van der Waals surface area contributed by atoms with Gasteiger partial charge in [0.1, 0.15) is 0 Å². The molecule has 0 fully saturated rings. The Hall–Kier alpha value is -8.52. The van der Waals surface area contributed by atoms with E-state index in [1.807, 2.05) is 0 Å². The van der Waals surface area contributed by atoms with E-state index >= 15 is 35.9 Å². The third kappa shape index (κ3) is 11.0. The minimum atomic E-state index is -5.50. The molecule has 0 aromatic heterocycles. The van der Waals surface area contributed by atoms with Crippen molar-refractivity contribution in [3.05, 3.63) is 282 Å². The zero-order chi connectivity index (χ0) is 58.2. The van der Waals surface area contributed by atoms with Gasteiger partial charge in [0.25, 0.3) is 0 Å². The Labute approximate surface area is 469 Å². The molecule has 416 valence electrons. The molecule has 18 heteroatoms. The summed E-state index contributed by atoms with van der Waals surface area (Å²) in [6.07, 6.45) is -12.0. The molecule has 0 N–H and O–H groups in total. The molecule has 0 aliphatic carbocycles. The van der Waals surface area contributed by atoms with E-state index in [-0.39, 0.29) is 28.3 Å². The van der Waals surface area contributed by atoms with Crippen molar-refractivity contribution in [1.82, 2.24) is 0 Å². The van der Waals surface area contributed by atoms with Gasteiger partial charge in [-0.05, 0) is 0 Å². The SMILES string of the molecule is COC(=O)c1cccc(C(=O)CP(OB(Oc2cc(C(F)(F)F)cc(C(F)(F)F)c2)OP(CC(=O)c2cccc(C(=O)OC)c2)(c2ccccc2)(c2ccccc2)c2ccccc2)(c2ccccc2)(c2ccccc2)c2ccccc2)c1. The first kappa shape index (κ1) is 58.1. The Balaban J connectivity index is 1.47. The van der Waals surface area contributed by atoms with E-state index in [4.69, 9.17) is 23.0 Å². The Bertz CT molecular complexity index is 3310. The van der Waals surface area contributed by atoms with Gasteiger partial charge in [0.15, 0.2) is 0 Å². The summed E-state index contributed by atoms with van der Waals surface area (Å²) in [6.45, 7) is -11.0. The molecule has 9 aromatic carbocycles. The zero-order valence-corrected chi connectivity index (χ0v) is 45.8. The molecule has 0 spiro atoms. The fraction of sp³-hybridized carbons (Fsp3) is 0.0938. The number of hydrogen-bond donors (Lipinski definition) is 0. The Morgan fingerprint density at radius 2 is 0.634 bits per heavy atom. The van der Waals surface area contributed by atoms with Crippen molar-refractivity contribution in [1.29, 1.82) is 0 Å². The van der Waals surface area contributed by atoms with Crippen LogP contribution in [0.4, 0.5) is 26.3 Å². The summed E-state index contributed by atoms with van der Waals surface area (Å²) in [5, 5.41) is 1.89. The van der Waals surface area contributed by atoms with Crippen LogP contribution in [0.5, 0.6) is 5.75 Å². The molecular formula is C64H51BF6O9P2. The second kappa shape index (κ2) is 23.5. The van der Waals surface area contributed by atoms with Crippen LogP contribution < -0.4 is 36.5 Å². The van der Waals surface area contributed by atoms with Crippen LogP contribution in [0.15, 0.2) is 249 Å². The molecular weight excluding hydrogens is 1100 g/mol. The average molecular weight is 1150 g/mol. The van der Waals surface area contributed by atoms with E-state index in [0.717, 1.165) is 0 Å². The van der Waals surface area contributed by atoms with E-state index in [9.17, 15) is 9.59 Å². The molecule has 0 heterocycles. The molecule has 0 amide bonds. The second-order valence-electron chi connectivity index (χ2n) is 19.1. The topological polar surface area (TPSA) is 114 Å². The number of halogens is 6. The van der Waals surface area contributed by atoms with Crippen molar-refractivity contribution >= 4 is 76.3 Å². The molecule has 0 aliphatic rings. The number of methoxy groups -OCH3 is 2. The number of benzene rings is 9. The van der Waals surface area contributed by atoms with Crippen LogP contribution in [0.1, 0.15) is 52.6 Å². The van der Waals surface area contributed by atoms with Gasteiger partial charge >= 0.3 is 472 Å². The summed E-state index contributed by atoms with van der Waals surface area (Å²) in [4.78, 5) is 58.0. The number of ketones is 2. The fourth-order valence-electron chi connectivity index (χ4n) is 10.5. The fourth-order valence-corrected chi connectivity index (χ4v) is 21.5. The monoisotopic (exact) mass is 1150 g/mol. The predicted octanol–water partition coefficient (Wildman–Crippen LogP) is 12.3. The Morgan fingerprint density at radius 3 is 0.890 bits per heavy atom. The van der Waals surface area contributed by atoms with Gasteiger partial charge in [0, 0.05) is 0 Å². The predicted molar refractivity (Wildman–Crippen MR) is 309 cm³/mol. The quantitative estimate of drug-likeness (QED) is 0.0242. The standard InChI is InChI=1S/C64H51BF6O9P2/c1-76-61(74)48-25-21-23-46(39-48)59(72)44-81(53-27-9-3-10-28-53,54-29-11-4-12-30-54,55-31-13-5-14-32-55)79-65(78-52-42-50(63(66,67)68)41-51(43-52)64(69,70)71)80-82(56-33-15-6-16-34-56,57-35-17-7-18-36-57,58-37-19-8-20-38-58)45-60(73)47-24-22-26-49(40-47)62(75)77-2/h3-43H,44-45H2,1-2H3. The first-order chi connectivity index (χ1) is 39.3. The van der Waals surface area contributed by atoms with Crippen LogP contribution in [0, 0.1) is 0 Å². The van der Waals surface area contributed by atoms with Crippen LogP contribution >= 0.6 is 13.7 Å². The minimum absolute atomic E-state index is 0.00615. The maximum atomic E-state index is 15.9. The van der Waals surface area contributed by atoms with E-state index < -0.39 is 86.0 Å². The number of rotatable bonds is 20. The summed E-state index contributed by atoms with van der Waals surface area (Å²) < 4.78 is 123. The summed E-state index contributed by atoms with van der Waals surface area (Å²) in [5.74, 6) is -3.79. The molecule has 9 nitrogen and oxygen atoms in total. The average Bonchev–Trinajstić information content (AvgIpc) is 1.24. The molecule has 0 radical (unpaired) electrons. The van der Waals surface area contributed by atoms with Gasteiger partial charge in [-0.2, -0.15) is 0 Å². The zero-order valence-electron chi connectivity index (χ0n) is 44.0. The van der Waals surface area contributed by atoms with Gasteiger partial charge in [0.05, 0.1) is 0 Å². The first-order valence-corrected chi connectivity index (χ1v) is 30.2. The number of carbonyl (C=O) groups is 4. The molecule has 9 rings (SSSR count). The molecule has 9 aromatic rings. The van der Waals surface area contributed by atoms with E-state index in [2.05, 4.69) is 0 Å². The van der Waals surface area contributed by atoms with Crippen molar-refractivity contribution in [2.45, 2.75) is 12.4 Å². The van der Waals surface area contributed by atoms with Crippen molar-refractivity contribution in [2.75, 3.05) is 26.5 Å². The molecule has 82 heavy (non-hydrogen) atoms. The Kier molecular flexibility index (Phi) is 16.7. The molecule has 0 bridgehead atoms. The van der Waals surface area contributed by atoms with Crippen LogP contribution in [0.2, 0.25) is 0 Å². The third-order valence-corrected chi connectivity index (χ3v) is 25.7. The van der Waals surface area contributed by atoms with E-state index in [0.29, 0.717) is 44.0 Å². The van der Waals surface area contributed by atoms with Crippen molar-refractivity contribution in [2.24, 2.45) is 0 Å². The number of esters is 2. The number of hydrogen-bond acceptors (Lipinski definition) is 9. The van der Waals surface area contributed by atoms with E-state index in [1.165, 1.54) is 62.8 Å². The summed E-state index contributed by atoms with van der Waals surface area (Å²) in [6, 6.07) is 63.2. The molecule has 0 aliphatic heterocycles. The first-order valence-electron chi connectivity index (χ1n) is 25.5. The van der Waals surface area contributed by atoms with Crippen LogP contribution in [0.3, 0.4) is 0 Å². The maximum absolute atomic E-state index is 15.9. The van der Waals surface area contributed by atoms with Gasteiger partial charge in [0.2, 0.25) is 0 Å². The van der Waals surface area contributed by atoms with Gasteiger partial charge in [-0.1, -0.05) is 0 Å². The number of Topliss-reactive ketones (excluding diaryl/α,β-unsaturated/α-hetero) is 2. The second-order valence-corrected chi connectivity index (χ2v) is 28.1.